The molecular weight excluding hydrogens is 476 g/mol. The van der Waals surface area contributed by atoms with Gasteiger partial charge >= 0.3 is 0 Å². The van der Waals surface area contributed by atoms with Crippen LogP contribution in [0.5, 0.6) is 5.75 Å². The molecule has 5 rings (SSSR count). The average molecular weight is 515 g/mol. The molecule has 8 nitrogen and oxygen atoms in total. The van der Waals surface area contributed by atoms with Gasteiger partial charge in [-0.2, -0.15) is 0 Å². The highest BCUT2D eigenvalue weighted by atomic mass is 16.5. The van der Waals surface area contributed by atoms with E-state index in [-0.39, 0.29) is 11.6 Å². The number of benzene rings is 2. The summed E-state index contributed by atoms with van der Waals surface area (Å²) in [5.41, 5.74) is 4.89. The Morgan fingerprint density at radius 2 is 1.84 bits per heavy atom. The summed E-state index contributed by atoms with van der Waals surface area (Å²) in [5.74, 6) is 1.70. The van der Waals surface area contributed by atoms with Crippen LogP contribution in [0.15, 0.2) is 47.3 Å². The van der Waals surface area contributed by atoms with Crippen molar-refractivity contribution in [2.24, 2.45) is 0 Å². The first-order valence-corrected chi connectivity index (χ1v) is 13.7. The second-order valence-electron chi connectivity index (χ2n) is 10.6. The van der Waals surface area contributed by atoms with E-state index in [4.69, 9.17) is 4.74 Å². The number of nitrogens with one attached hydrogen (secondary N) is 1. The minimum absolute atomic E-state index is 0.0591. The van der Waals surface area contributed by atoms with Gasteiger partial charge < -0.3 is 9.72 Å². The fourth-order valence-electron chi connectivity index (χ4n) is 6.01. The van der Waals surface area contributed by atoms with Crippen molar-refractivity contribution in [3.8, 4) is 5.75 Å². The van der Waals surface area contributed by atoms with Gasteiger partial charge in [0.2, 0.25) is 0 Å². The monoisotopic (exact) mass is 514 g/mol. The van der Waals surface area contributed by atoms with Gasteiger partial charge in [0.25, 0.3) is 5.56 Å². The highest BCUT2D eigenvalue weighted by Gasteiger charge is 2.29. The molecule has 2 heterocycles. The van der Waals surface area contributed by atoms with Gasteiger partial charge in [-0.15, -0.1) is 5.10 Å². The lowest BCUT2D eigenvalue weighted by atomic mass is 9.95. The number of aryl methyl sites for hydroxylation is 2. The lowest BCUT2D eigenvalue weighted by molar-refractivity contribution is 0.153. The van der Waals surface area contributed by atoms with Gasteiger partial charge in [0.1, 0.15) is 5.75 Å². The van der Waals surface area contributed by atoms with E-state index < -0.39 is 0 Å². The normalized spacial score (nSPS) is 15.3. The Hall–Kier alpha value is -3.52. The van der Waals surface area contributed by atoms with Gasteiger partial charge in [-0.1, -0.05) is 56.0 Å². The Labute approximate surface area is 224 Å². The summed E-state index contributed by atoms with van der Waals surface area (Å²) in [7, 11) is 1.70. The zero-order chi connectivity index (χ0) is 26.6. The van der Waals surface area contributed by atoms with Crippen molar-refractivity contribution >= 4 is 10.9 Å². The first-order chi connectivity index (χ1) is 18.5. The highest BCUT2D eigenvalue weighted by Crippen LogP contribution is 2.33. The largest absolute Gasteiger partial charge is 0.496 e. The number of nitrogens with zero attached hydrogens (tertiary/aromatic N) is 5. The molecule has 38 heavy (non-hydrogen) atoms. The molecule has 2 aromatic heterocycles. The Morgan fingerprint density at radius 1 is 1.08 bits per heavy atom. The minimum atomic E-state index is -0.0637. The molecule has 0 aliphatic heterocycles. The maximum Gasteiger partial charge on any atom is 0.252 e. The molecule has 1 fully saturated rings. The number of pyridine rings is 1. The van der Waals surface area contributed by atoms with Crippen LogP contribution in [0.1, 0.15) is 85.6 Å². The molecule has 1 N–H and O–H groups in total. The standard InChI is InChI=1S/C30H38N6O2/c1-5-26(29-32-33-34-36(29)25-12-7-6-8-13-25)35(18-22-11-9-10-14-27(22)38-4)19-24-17-23-16-20(2)15-21(3)28(23)31-30(24)37/h9-11,14-17,25-26H,5-8,12-13,18-19H2,1-4H3,(H,31,37). The van der Waals surface area contributed by atoms with Crippen LogP contribution >= 0.6 is 0 Å². The first-order valence-electron chi connectivity index (χ1n) is 13.7. The van der Waals surface area contributed by atoms with E-state index in [1.807, 2.05) is 31.2 Å². The number of ether oxygens (including phenoxy) is 1. The topological polar surface area (TPSA) is 88.9 Å². The first kappa shape index (κ1) is 26.1. The molecule has 8 heteroatoms. The van der Waals surface area contributed by atoms with Gasteiger partial charge in [0.15, 0.2) is 5.82 Å². The number of aromatic amines is 1. The van der Waals surface area contributed by atoms with Crippen LogP contribution in [0.25, 0.3) is 10.9 Å². The summed E-state index contributed by atoms with van der Waals surface area (Å²) in [6.45, 7) is 7.36. The van der Waals surface area contributed by atoms with E-state index >= 15 is 0 Å². The number of hydrogen-bond acceptors (Lipinski definition) is 6. The van der Waals surface area contributed by atoms with Crippen molar-refractivity contribution in [2.45, 2.75) is 84.5 Å². The molecule has 4 aromatic rings. The second kappa shape index (κ2) is 11.5. The zero-order valence-corrected chi connectivity index (χ0v) is 22.9. The molecule has 0 radical (unpaired) electrons. The fourth-order valence-corrected chi connectivity index (χ4v) is 6.01. The van der Waals surface area contributed by atoms with E-state index in [0.717, 1.165) is 58.4 Å². The molecule has 1 aliphatic carbocycles. The third-order valence-electron chi connectivity index (χ3n) is 7.87. The molecule has 0 spiro atoms. The van der Waals surface area contributed by atoms with Crippen molar-refractivity contribution in [2.75, 3.05) is 7.11 Å². The number of hydrogen-bond donors (Lipinski definition) is 1. The van der Waals surface area contributed by atoms with Crippen LogP contribution in [0.2, 0.25) is 0 Å². The molecule has 0 saturated heterocycles. The number of H-pyrrole nitrogens is 1. The molecule has 1 unspecified atom stereocenters. The number of rotatable bonds is 9. The molecule has 1 aliphatic rings. The van der Waals surface area contributed by atoms with Gasteiger partial charge in [-0.25, -0.2) is 4.68 Å². The zero-order valence-electron chi connectivity index (χ0n) is 22.9. The summed E-state index contributed by atoms with van der Waals surface area (Å²) in [4.78, 5) is 18.8. The smallest absolute Gasteiger partial charge is 0.252 e. The molecule has 0 bridgehead atoms. The number of para-hydroxylation sites is 1. The highest BCUT2D eigenvalue weighted by molar-refractivity contribution is 5.82. The van der Waals surface area contributed by atoms with Gasteiger partial charge in [-0.3, -0.25) is 9.69 Å². The van der Waals surface area contributed by atoms with E-state index in [9.17, 15) is 4.79 Å². The predicted molar refractivity (Wildman–Crippen MR) is 149 cm³/mol. The van der Waals surface area contributed by atoms with Gasteiger partial charge in [0.05, 0.1) is 24.7 Å². The third kappa shape index (κ3) is 5.36. The maximum absolute atomic E-state index is 13.3. The van der Waals surface area contributed by atoms with Crippen LogP contribution in [0.4, 0.5) is 0 Å². The van der Waals surface area contributed by atoms with Gasteiger partial charge in [-0.05, 0) is 72.7 Å². The van der Waals surface area contributed by atoms with Crippen LogP contribution in [0, 0.1) is 13.8 Å². The quantitative estimate of drug-likeness (QED) is 0.304. The Bertz CT molecular complexity index is 1450. The van der Waals surface area contributed by atoms with Crippen molar-refractivity contribution in [3.63, 3.8) is 0 Å². The lowest BCUT2D eigenvalue weighted by Gasteiger charge is -2.32. The predicted octanol–water partition coefficient (Wildman–Crippen LogP) is 5.80. The number of tetrazole rings is 1. The minimum Gasteiger partial charge on any atom is -0.496 e. The number of aromatic nitrogens is 5. The maximum atomic E-state index is 13.3. The van der Waals surface area contributed by atoms with Crippen LogP contribution < -0.4 is 10.3 Å². The van der Waals surface area contributed by atoms with Crippen molar-refractivity contribution in [1.29, 1.82) is 0 Å². The van der Waals surface area contributed by atoms with E-state index in [1.54, 1.807) is 7.11 Å². The summed E-state index contributed by atoms with van der Waals surface area (Å²) < 4.78 is 7.74. The third-order valence-corrected chi connectivity index (χ3v) is 7.87. The van der Waals surface area contributed by atoms with E-state index in [0.29, 0.717) is 19.1 Å². The number of methoxy groups -OCH3 is 1. The van der Waals surface area contributed by atoms with Gasteiger partial charge in [0, 0.05) is 24.2 Å². The average Bonchev–Trinajstić information content (AvgIpc) is 3.40. The molecule has 1 saturated carbocycles. The van der Waals surface area contributed by atoms with Crippen molar-refractivity contribution in [1.82, 2.24) is 30.1 Å². The van der Waals surface area contributed by atoms with E-state index in [1.165, 1.54) is 24.8 Å². The van der Waals surface area contributed by atoms with E-state index in [2.05, 4.69) is 62.1 Å². The van der Waals surface area contributed by atoms with Crippen molar-refractivity contribution in [3.05, 3.63) is 80.9 Å². The summed E-state index contributed by atoms with van der Waals surface area (Å²) in [6.07, 6.45) is 6.70. The molecular formula is C30H38N6O2. The fraction of sp³-hybridized carbons (Fsp3) is 0.467. The summed E-state index contributed by atoms with van der Waals surface area (Å²) in [6, 6.07) is 14.6. The lowest BCUT2D eigenvalue weighted by Crippen LogP contribution is -2.33. The number of fused-ring (bicyclic) bond motifs is 1. The Morgan fingerprint density at radius 3 is 2.61 bits per heavy atom. The summed E-state index contributed by atoms with van der Waals surface area (Å²) in [5, 5.41) is 14.2. The molecule has 1 atom stereocenters. The molecule has 200 valence electrons. The summed E-state index contributed by atoms with van der Waals surface area (Å²) >= 11 is 0. The molecule has 2 aromatic carbocycles. The van der Waals surface area contributed by atoms with Crippen molar-refractivity contribution < 1.29 is 4.74 Å². The Kier molecular flexibility index (Phi) is 7.88. The van der Waals surface area contributed by atoms with Crippen LogP contribution in [0.3, 0.4) is 0 Å². The second-order valence-corrected chi connectivity index (χ2v) is 10.6. The van der Waals surface area contributed by atoms with Crippen LogP contribution in [-0.2, 0) is 13.1 Å². The Balaban J connectivity index is 1.56. The SMILES string of the molecule is CCC(c1nnnn1C1CCCCC1)N(Cc1ccccc1OC)Cc1cc2cc(C)cc(C)c2[nH]c1=O. The van der Waals surface area contributed by atoms with Crippen LogP contribution in [-0.4, -0.2) is 37.2 Å². The molecule has 0 amide bonds.